The zero-order valence-corrected chi connectivity index (χ0v) is 40.0. The molecule has 69 heavy (non-hydrogen) atoms. The first-order chi connectivity index (χ1) is 34.2. The number of fused-ring (bicyclic) bond motifs is 3. The number of nitrogens with zero attached hydrogens (tertiary/aromatic N) is 3. The van der Waals surface area contributed by atoms with E-state index < -0.39 is 16.1 Å². The van der Waals surface area contributed by atoms with Crippen LogP contribution in [0.2, 0.25) is 0 Å². The highest BCUT2D eigenvalue weighted by atomic mass is 28.3. The van der Waals surface area contributed by atoms with Crippen LogP contribution >= 0.6 is 0 Å². The summed E-state index contributed by atoms with van der Waals surface area (Å²) in [5.74, 6) is 0.631. The Kier molecular flexibility index (Phi) is 10.9. The van der Waals surface area contributed by atoms with Gasteiger partial charge in [0.1, 0.15) is 0 Å². The molecule has 0 bridgehead atoms. The van der Waals surface area contributed by atoms with E-state index in [1.165, 1.54) is 52.3 Å². The fourth-order valence-corrected chi connectivity index (χ4v) is 20.5. The Bertz CT molecular complexity index is 3280. The van der Waals surface area contributed by atoms with E-state index >= 15 is 0 Å². The molecule has 12 aromatic rings. The molecule has 2 heterocycles. The van der Waals surface area contributed by atoms with Crippen LogP contribution < -0.4 is 41.5 Å². The first-order valence-electron chi connectivity index (χ1n) is 23.7. The summed E-state index contributed by atoms with van der Waals surface area (Å²) in [6.45, 7) is 0. The van der Waals surface area contributed by atoms with Crippen molar-refractivity contribution in [2.75, 3.05) is 0 Å². The van der Waals surface area contributed by atoms with Crippen LogP contribution in [0.4, 0.5) is 0 Å². The van der Waals surface area contributed by atoms with Crippen molar-refractivity contribution in [2.45, 2.75) is 0 Å². The summed E-state index contributed by atoms with van der Waals surface area (Å²) >= 11 is 0. The monoisotopic (exact) mass is 913 g/mol. The number of para-hydroxylation sites is 2. The van der Waals surface area contributed by atoms with Gasteiger partial charge in [-0.3, -0.25) is 4.57 Å². The maximum absolute atomic E-state index is 5.60. The van der Waals surface area contributed by atoms with Crippen LogP contribution in [-0.2, 0) is 0 Å². The van der Waals surface area contributed by atoms with Crippen molar-refractivity contribution in [3.63, 3.8) is 0 Å². The number of hydrogen-bond acceptors (Lipinski definition) is 2. The third-order valence-corrected chi connectivity index (χ3v) is 23.5. The van der Waals surface area contributed by atoms with Crippen LogP contribution in [0.5, 0.6) is 0 Å². The molecule has 0 radical (unpaired) electrons. The van der Waals surface area contributed by atoms with E-state index in [4.69, 9.17) is 9.97 Å². The molecule has 0 saturated heterocycles. The third-order valence-electron chi connectivity index (χ3n) is 13.9. The molecule has 326 valence electrons. The van der Waals surface area contributed by atoms with Crippen molar-refractivity contribution >= 4 is 79.4 Å². The highest BCUT2D eigenvalue weighted by Gasteiger charge is 2.43. The lowest BCUT2D eigenvalue weighted by molar-refractivity contribution is 0.996. The molecule has 12 rings (SSSR count). The van der Waals surface area contributed by atoms with Crippen LogP contribution in [0.15, 0.2) is 285 Å². The summed E-state index contributed by atoms with van der Waals surface area (Å²) in [6.07, 6.45) is 0. The van der Waals surface area contributed by atoms with Crippen molar-refractivity contribution in [3.05, 3.63) is 285 Å². The second kappa shape index (κ2) is 18.0. The first kappa shape index (κ1) is 41.9. The first-order valence-corrected chi connectivity index (χ1v) is 27.7. The quantitative estimate of drug-likeness (QED) is 0.0957. The molecule has 0 spiro atoms. The summed E-state index contributed by atoms with van der Waals surface area (Å²) in [5.41, 5.74) is 5.93. The van der Waals surface area contributed by atoms with Gasteiger partial charge in [-0.1, -0.05) is 267 Å². The van der Waals surface area contributed by atoms with Crippen LogP contribution in [0.25, 0.3) is 50.3 Å². The van der Waals surface area contributed by atoms with E-state index in [1.54, 1.807) is 0 Å². The number of rotatable bonds is 11. The molecule has 0 amide bonds. The molecule has 10 aromatic carbocycles. The molecular formula is C64H47N3Si2. The summed E-state index contributed by atoms with van der Waals surface area (Å²) < 4.78 is 2.25. The largest absolute Gasteiger partial charge is 0.278 e. The molecule has 0 saturated carbocycles. The van der Waals surface area contributed by atoms with Crippen molar-refractivity contribution in [3.8, 4) is 28.5 Å². The van der Waals surface area contributed by atoms with Crippen LogP contribution in [-0.4, -0.2) is 30.7 Å². The lowest BCUT2D eigenvalue weighted by atomic mass is 10.1. The standard InChI is InChI=1S/C64H47N3Si2/c1-7-27-50(28-8-1)68(51-29-9-2-10-30-51,52-31-11-3-12-32-52)56-39-23-25-48(45-56)60-47-61(66-64(65-60)67-62-43-21-19-41-58(62)59-42-20-22-44-63(59)67)49-26-24-40-57(46-49)69(53-33-13-4-14-34-53,54-35-15-5-16-36-54)55-37-17-6-18-38-55/h1-47H. The average molecular weight is 914 g/mol. The van der Waals surface area contributed by atoms with Crippen molar-refractivity contribution < 1.29 is 0 Å². The van der Waals surface area contributed by atoms with Gasteiger partial charge in [0.2, 0.25) is 5.95 Å². The van der Waals surface area contributed by atoms with Gasteiger partial charge < -0.3 is 0 Å². The van der Waals surface area contributed by atoms with Crippen molar-refractivity contribution in [1.82, 2.24) is 14.5 Å². The Morgan fingerprint density at radius 2 is 0.522 bits per heavy atom. The molecule has 0 aliphatic heterocycles. The van der Waals surface area contributed by atoms with Gasteiger partial charge in [-0.15, -0.1) is 0 Å². The van der Waals surface area contributed by atoms with Gasteiger partial charge in [-0.05, 0) is 59.7 Å². The van der Waals surface area contributed by atoms with E-state index in [0.29, 0.717) is 5.95 Å². The maximum Gasteiger partial charge on any atom is 0.235 e. The average Bonchev–Trinajstić information content (AvgIpc) is 3.78. The minimum absolute atomic E-state index is 0.631. The minimum atomic E-state index is -2.85. The molecule has 5 heteroatoms. The lowest BCUT2D eigenvalue weighted by Gasteiger charge is -2.34. The fraction of sp³-hybridized carbons (Fsp3) is 0. The minimum Gasteiger partial charge on any atom is -0.278 e. The van der Waals surface area contributed by atoms with E-state index in [2.05, 4.69) is 290 Å². The summed E-state index contributed by atoms with van der Waals surface area (Å²) in [7, 11) is -5.70. The summed E-state index contributed by atoms with van der Waals surface area (Å²) in [6, 6.07) is 105. The molecule has 0 unspecified atom stereocenters. The number of aromatic nitrogens is 3. The van der Waals surface area contributed by atoms with Crippen molar-refractivity contribution in [1.29, 1.82) is 0 Å². The van der Waals surface area contributed by atoms with Crippen LogP contribution in [0.3, 0.4) is 0 Å². The van der Waals surface area contributed by atoms with Gasteiger partial charge in [-0.25, -0.2) is 9.97 Å². The zero-order valence-electron chi connectivity index (χ0n) is 38.0. The molecule has 0 fully saturated rings. The van der Waals surface area contributed by atoms with E-state index in [0.717, 1.165) is 33.5 Å². The molecule has 3 nitrogen and oxygen atoms in total. The SMILES string of the molecule is c1ccc([Si](c2ccccc2)(c2ccccc2)c2cccc(-c3cc(-c4cccc([Si](c5ccccc5)(c5ccccc5)c5ccccc5)c4)nc(-n4c5ccccc5c5ccccc54)n3)c2)cc1. The topological polar surface area (TPSA) is 30.7 Å². The summed E-state index contributed by atoms with van der Waals surface area (Å²) in [4.78, 5) is 11.2. The van der Waals surface area contributed by atoms with Crippen LogP contribution in [0.1, 0.15) is 0 Å². The Morgan fingerprint density at radius 3 is 0.841 bits per heavy atom. The van der Waals surface area contributed by atoms with E-state index in [-0.39, 0.29) is 0 Å². The molecule has 0 atom stereocenters. The number of benzene rings is 10. The van der Waals surface area contributed by atoms with Gasteiger partial charge >= 0.3 is 0 Å². The van der Waals surface area contributed by atoms with Gasteiger partial charge in [0.05, 0.1) is 22.4 Å². The molecule has 2 aromatic heterocycles. The van der Waals surface area contributed by atoms with Gasteiger partial charge in [-0.2, -0.15) is 0 Å². The Labute approximate surface area is 405 Å². The normalized spacial score (nSPS) is 11.8. The predicted molar refractivity (Wildman–Crippen MR) is 294 cm³/mol. The van der Waals surface area contributed by atoms with E-state index in [9.17, 15) is 0 Å². The smallest absolute Gasteiger partial charge is 0.235 e. The molecule has 0 aliphatic carbocycles. The highest BCUT2D eigenvalue weighted by Crippen LogP contribution is 2.33. The Balaban J connectivity index is 1.13. The van der Waals surface area contributed by atoms with Crippen molar-refractivity contribution in [2.24, 2.45) is 0 Å². The van der Waals surface area contributed by atoms with E-state index in [1.807, 2.05) is 0 Å². The second-order valence-corrected chi connectivity index (χ2v) is 25.3. The second-order valence-electron chi connectivity index (χ2n) is 17.7. The molecule has 0 aliphatic rings. The van der Waals surface area contributed by atoms with Gasteiger partial charge in [0.15, 0.2) is 16.1 Å². The zero-order chi connectivity index (χ0) is 46.0. The van der Waals surface area contributed by atoms with Gasteiger partial charge in [0.25, 0.3) is 0 Å². The third kappa shape index (κ3) is 7.19. The Morgan fingerprint density at radius 1 is 0.246 bits per heavy atom. The van der Waals surface area contributed by atoms with Gasteiger partial charge in [0, 0.05) is 21.9 Å². The highest BCUT2D eigenvalue weighted by molar-refractivity contribution is 7.20. The maximum atomic E-state index is 5.60. The lowest BCUT2D eigenvalue weighted by Crippen LogP contribution is -2.74. The molecular weight excluding hydrogens is 867 g/mol. The summed E-state index contributed by atoms with van der Waals surface area (Å²) in [5, 5.41) is 12.9. The fourth-order valence-electron chi connectivity index (χ4n) is 10.9. The number of hydrogen-bond donors (Lipinski definition) is 0. The predicted octanol–water partition coefficient (Wildman–Crippen LogP) is 9.66. The van der Waals surface area contributed by atoms with Crippen LogP contribution in [0, 0.1) is 0 Å². The molecule has 0 N–H and O–H groups in total. The Hall–Kier alpha value is -8.49.